The van der Waals surface area contributed by atoms with E-state index in [2.05, 4.69) is 0 Å². The molecule has 1 aliphatic rings. The van der Waals surface area contributed by atoms with Crippen LogP contribution in [0.15, 0.2) is 29.2 Å². The van der Waals surface area contributed by atoms with Crippen molar-refractivity contribution in [3.8, 4) is 5.75 Å². The minimum absolute atomic E-state index is 0. The number of esters is 1. The molecule has 0 aromatic heterocycles. The topological polar surface area (TPSA) is 59.1 Å². The first kappa shape index (κ1) is 22.4. The molecule has 0 atom stereocenters. The number of amides is 1. The molecular formula is C17H21ClN2O4S2. The maximum absolute atomic E-state index is 12.1. The van der Waals surface area contributed by atoms with E-state index in [-0.39, 0.29) is 30.8 Å². The Balaban J connectivity index is 0.00000338. The van der Waals surface area contributed by atoms with Gasteiger partial charge in [-0.05, 0) is 49.6 Å². The average Bonchev–Trinajstić information content (AvgIpc) is 2.83. The van der Waals surface area contributed by atoms with Crippen LogP contribution >= 0.6 is 36.4 Å². The zero-order chi connectivity index (χ0) is 18.4. The maximum Gasteiger partial charge on any atom is 0.326 e. The normalized spacial score (nSPS) is 15.4. The van der Waals surface area contributed by atoms with Gasteiger partial charge in [-0.25, -0.2) is 0 Å². The Morgan fingerprint density at radius 1 is 1.31 bits per heavy atom. The van der Waals surface area contributed by atoms with E-state index in [1.807, 2.05) is 49.3 Å². The van der Waals surface area contributed by atoms with E-state index in [0.29, 0.717) is 16.4 Å². The summed E-state index contributed by atoms with van der Waals surface area (Å²) in [7, 11) is 5.38. The predicted molar refractivity (Wildman–Crippen MR) is 110 cm³/mol. The summed E-state index contributed by atoms with van der Waals surface area (Å²) in [4.78, 5) is 28.2. The van der Waals surface area contributed by atoms with Gasteiger partial charge in [-0.2, -0.15) is 0 Å². The van der Waals surface area contributed by atoms with Gasteiger partial charge in [0.05, 0.1) is 12.0 Å². The minimum atomic E-state index is -0.469. The van der Waals surface area contributed by atoms with Gasteiger partial charge >= 0.3 is 5.97 Å². The van der Waals surface area contributed by atoms with Gasteiger partial charge in [0, 0.05) is 6.54 Å². The molecule has 0 aliphatic carbocycles. The van der Waals surface area contributed by atoms with Crippen LogP contribution in [0, 0.1) is 0 Å². The SMILES string of the molecule is COc1ccc(C=C2SC(=O)N(CC(=O)OCCN(C)C)C2=S)cc1.Cl. The van der Waals surface area contributed by atoms with Crippen molar-refractivity contribution >= 4 is 58.7 Å². The summed E-state index contributed by atoms with van der Waals surface area (Å²) < 4.78 is 10.2. The third-order valence-corrected chi connectivity index (χ3v) is 4.87. The van der Waals surface area contributed by atoms with Gasteiger partial charge in [-0.1, -0.05) is 24.4 Å². The molecule has 1 aliphatic heterocycles. The molecular weight excluding hydrogens is 396 g/mol. The van der Waals surface area contributed by atoms with Crippen LogP contribution in [0.1, 0.15) is 5.56 Å². The Morgan fingerprint density at radius 2 is 1.96 bits per heavy atom. The lowest BCUT2D eigenvalue weighted by molar-refractivity contribution is -0.143. The number of thiocarbonyl (C=S) groups is 1. The molecule has 0 unspecified atom stereocenters. The number of carbonyl (C=O) groups excluding carboxylic acids is 2. The highest BCUT2D eigenvalue weighted by Gasteiger charge is 2.33. The standard InChI is InChI=1S/C17H20N2O4S2.ClH/c1-18(2)8-9-23-15(20)11-19-16(24)14(25-17(19)21)10-12-4-6-13(22-3)7-5-12;/h4-7,10H,8-9,11H2,1-3H3;1H. The third-order valence-electron chi connectivity index (χ3n) is 3.38. The molecule has 0 bridgehead atoms. The number of carbonyl (C=O) groups is 2. The lowest BCUT2D eigenvalue weighted by atomic mass is 10.2. The number of hydrogen-bond donors (Lipinski definition) is 0. The smallest absolute Gasteiger partial charge is 0.326 e. The Kier molecular flexibility index (Phi) is 9.07. The largest absolute Gasteiger partial charge is 0.497 e. The molecule has 9 heteroatoms. The summed E-state index contributed by atoms with van der Waals surface area (Å²) in [6.45, 7) is 0.738. The summed E-state index contributed by atoms with van der Waals surface area (Å²) in [5, 5.41) is -0.269. The molecule has 0 N–H and O–H groups in total. The van der Waals surface area contributed by atoms with Gasteiger partial charge in [0.15, 0.2) is 0 Å². The van der Waals surface area contributed by atoms with Crippen LogP contribution < -0.4 is 4.74 Å². The van der Waals surface area contributed by atoms with Crippen molar-refractivity contribution in [2.75, 3.05) is 40.9 Å². The summed E-state index contributed by atoms with van der Waals surface area (Å²) in [5.41, 5.74) is 0.897. The third kappa shape index (κ3) is 6.28. The first-order chi connectivity index (χ1) is 11.9. The Hall–Kier alpha value is -1.61. The molecule has 142 valence electrons. The monoisotopic (exact) mass is 416 g/mol. The van der Waals surface area contributed by atoms with E-state index in [4.69, 9.17) is 21.7 Å². The lowest BCUT2D eigenvalue weighted by Gasteiger charge is -2.15. The first-order valence-corrected chi connectivity index (χ1v) is 8.83. The second-order valence-electron chi connectivity index (χ2n) is 5.56. The number of halogens is 1. The van der Waals surface area contributed by atoms with E-state index in [9.17, 15) is 9.59 Å². The van der Waals surface area contributed by atoms with Crippen LogP contribution in [0.25, 0.3) is 6.08 Å². The molecule has 0 saturated carbocycles. The molecule has 1 amide bonds. The molecule has 0 spiro atoms. The summed E-state index contributed by atoms with van der Waals surface area (Å²) in [6, 6.07) is 7.41. The Morgan fingerprint density at radius 3 is 2.54 bits per heavy atom. The fraction of sp³-hybridized carbons (Fsp3) is 0.353. The molecule has 1 aromatic rings. The van der Waals surface area contributed by atoms with Crippen LogP contribution in [0.3, 0.4) is 0 Å². The van der Waals surface area contributed by atoms with E-state index in [1.54, 1.807) is 7.11 Å². The number of ether oxygens (including phenoxy) is 2. The zero-order valence-electron chi connectivity index (χ0n) is 14.8. The van der Waals surface area contributed by atoms with E-state index >= 15 is 0 Å². The molecule has 1 saturated heterocycles. The van der Waals surface area contributed by atoms with Crippen LogP contribution in [0.5, 0.6) is 5.75 Å². The zero-order valence-corrected chi connectivity index (χ0v) is 17.2. The van der Waals surface area contributed by atoms with Gasteiger partial charge in [-0.15, -0.1) is 12.4 Å². The number of thioether (sulfide) groups is 1. The minimum Gasteiger partial charge on any atom is -0.497 e. The average molecular weight is 417 g/mol. The molecule has 1 heterocycles. The second-order valence-corrected chi connectivity index (χ2v) is 6.94. The van der Waals surface area contributed by atoms with Crippen molar-refractivity contribution in [1.82, 2.24) is 9.80 Å². The van der Waals surface area contributed by atoms with Crippen molar-refractivity contribution < 1.29 is 19.1 Å². The Bertz CT molecular complexity index is 693. The number of methoxy groups -OCH3 is 1. The van der Waals surface area contributed by atoms with Crippen LogP contribution in [-0.4, -0.2) is 66.9 Å². The quantitative estimate of drug-likeness (QED) is 0.384. The van der Waals surface area contributed by atoms with Crippen molar-refractivity contribution in [1.29, 1.82) is 0 Å². The van der Waals surface area contributed by atoms with Crippen LogP contribution in [0.2, 0.25) is 0 Å². The van der Waals surface area contributed by atoms with Crippen molar-refractivity contribution in [3.63, 3.8) is 0 Å². The summed E-state index contributed by atoms with van der Waals surface area (Å²) in [6.07, 6.45) is 1.82. The molecule has 1 aromatic carbocycles. The van der Waals surface area contributed by atoms with E-state index in [0.717, 1.165) is 23.1 Å². The number of benzene rings is 1. The van der Waals surface area contributed by atoms with Gasteiger partial charge in [0.25, 0.3) is 5.24 Å². The number of hydrogen-bond acceptors (Lipinski definition) is 7. The summed E-state index contributed by atoms with van der Waals surface area (Å²) in [5.74, 6) is 0.283. The van der Waals surface area contributed by atoms with Crippen molar-refractivity contribution in [2.24, 2.45) is 0 Å². The van der Waals surface area contributed by atoms with Gasteiger partial charge in [0.2, 0.25) is 0 Å². The predicted octanol–water partition coefficient (Wildman–Crippen LogP) is 3.06. The lowest BCUT2D eigenvalue weighted by Crippen LogP contribution is -2.34. The fourth-order valence-corrected chi connectivity index (χ4v) is 3.24. The van der Waals surface area contributed by atoms with Gasteiger partial charge < -0.3 is 14.4 Å². The molecule has 0 radical (unpaired) electrons. The molecule has 6 nitrogen and oxygen atoms in total. The number of likely N-dealkylation sites (N-methyl/N-ethyl adjacent to an activating group) is 1. The van der Waals surface area contributed by atoms with Crippen molar-refractivity contribution in [3.05, 3.63) is 34.7 Å². The van der Waals surface area contributed by atoms with Gasteiger partial charge in [0.1, 0.15) is 23.9 Å². The summed E-state index contributed by atoms with van der Waals surface area (Å²) >= 11 is 6.35. The number of rotatable bonds is 7. The molecule has 2 rings (SSSR count). The van der Waals surface area contributed by atoms with Crippen molar-refractivity contribution in [2.45, 2.75) is 0 Å². The molecule has 26 heavy (non-hydrogen) atoms. The Labute approximate surface area is 168 Å². The van der Waals surface area contributed by atoms with E-state index < -0.39 is 5.97 Å². The van der Waals surface area contributed by atoms with Crippen LogP contribution in [-0.2, 0) is 9.53 Å². The maximum atomic E-state index is 12.1. The fourth-order valence-electron chi connectivity index (χ4n) is 2.00. The van der Waals surface area contributed by atoms with E-state index in [1.165, 1.54) is 4.90 Å². The highest BCUT2D eigenvalue weighted by molar-refractivity contribution is 8.19. The highest BCUT2D eigenvalue weighted by Crippen LogP contribution is 2.33. The number of nitrogens with zero attached hydrogens (tertiary/aromatic N) is 2. The first-order valence-electron chi connectivity index (χ1n) is 7.60. The highest BCUT2D eigenvalue weighted by atomic mass is 35.5. The van der Waals surface area contributed by atoms with Crippen LogP contribution in [0.4, 0.5) is 4.79 Å². The molecule has 1 fully saturated rings. The second kappa shape index (κ2) is 10.5. The van der Waals surface area contributed by atoms with Gasteiger partial charge in [-0.3, -0.25) is 14.5 Å².